The van der Waals surface area contributed by atoms with Crippen LogP contribution in [0.2, 0.25) is 0 Å². The third-order valence-corrected chi connectivity index (χ3v) is 8.42. The maximum Gasteiger partial charge on any atom is 0.337 e. The predicted molar refractivity (Wildman–Crippen MR) is 121 cm³/mol. The number of rotatable bonds is 6. The van der Waals surface area contributed by atoms with Gasteiger partial charge < -0.3 is 9.30 Å². The Morgan fingerprint density at radius 3 is 2.41 bits per heavy atom. The lowest BCUT2D eigenvalue weighted by molar-refractivity contribution is 0.0600. The van der Waals surface area contributed by atoms with E-state index in [9.17, 15) is 18.0 Å². The van der Waals surface area contributed by atoms with Gasteiger partial charge in [-0.15, -0.1) is 0 Å². The molecule has 0 aliphatic heterocycles. The van der Waals surface area contributed by atoms with Gasteiger partial charge in [0.05, 0.1) is 27.8 Å². The maximum absolute atomic E-state index is 12.8. The van der Waals surface area contributed by atoms with Crippen LogP contribution in [0.25, 0.3) is 10.2 Å². The first kappa shape index (κ1) is 22.4. The average molecular weight is 474 g/mol. The predicted octanol–water partition coefficient (Wildman–Crippen LogP) is 3.03. The van der Waals surface area contributed by atoms with E-state index in [4.69, 9.17) is 4.74 Å². The molecule has 0 atom stereocenters. The SMILES string of the molecule is CCn1c(=NC(=O)c2ccc(S(=O)(=O)N(C)C3CC3)cc2)sc2cc(C(=O)OC)ccc21. The number of sulfonamides is 1. The van der Waals surface area contributed by atoms with E-state index in [2.05, 4.69) is 4.99 Å². The summed E-state index contributed by atoms with van der Waals surface area (Å²) < 4.78 is 34.2. The first-order valence-electron chi connectivity index (χ1n) is 10.1. The molecule has 1 heterocycles. The molecule has 0 spiro atoms. The minimum atomic E-state index is -3.57. The minimum absolute atomic E-state index is 0.0634. The van der Waals surface area contributed by atoms with Crippen LogP contribution in [0, 0.1) is 0 Å². The first-order chi connectivity index (χ1) is 15.3. The Bertz CT molecular complexity index is 1370. The summed E-state index contributed by atoms with van der Waals surface area (Å²) in [7, 11) is -0.659. The van der Waals surface area contributed by atoms with Crippen LogP contribution < -0.4 is 4.80 Å². The van der Waals surface area contributed by atoms with Crippen LogP contribution in [-0.2, 0) is 21.3 Å². The van der Waals surface area contributed by atoms with Gasteiger partial charge in [0.2, 0.25) is 10.0 Å². The zero-order valence-corrected chi connectivity index (χ0v) is 19.6. The first-order valence-corrected chi connectivity index (χ1v) is 12.4. The number of carbonyl (C=O) groups excluding carboxylic acids is 2. The molecule has 0 bridgehead atoms. The Labute approximate surface area is 189 Å². The largest absolute Gasteiger partial charge is 0.465 e. The highest BCUT2D eigenvalue weighted by molar-refractivity contribution is 7.89. The number of thiazole rings is 1. The zero-order valence-electron chi connectivity index (χ0n) is 17.9. The topological polar surface area (TPSA) is 98.0 Å². The number of hydrogen-bond donors (Lipinski definition) is 0. The smallest absolute Gasteiger partial charge is 0.337 e. The molecule has 4 rings (SSSR count). The van der Waals surface area contributed by atoms with E-state index in [-0.39, 0.29) is 10.9 Å². The van der Waals surface area contributed by atoms with Gasteiger partial charge in [-0.2, -0.15) is 9.30 Å². The van der Waals surface area contributed by atoms with Crippen LogP contribution in [0.5, 0.6) is 0 Å². The number of carbonyl (C=O) groups is 2. The fourth-order valence-corrected chi connectivity index (χ4v) is 5.98. The number of fused-ring (bicyclic) bond motifs is 1. The van der Waals surface area contributed by atoms with E-state index in [0.717, 1.165) is 23.1 Å². The lowest BCUT2D eigenvalue weighted by Gasteiger charge is -2.16. The van der Waals surface area contributed by atoms with Crippen LogP contribution >= 0.6 is 11.3 Å². The second kappa shape index (κ2) is 8.61. The Morgan fingerprint density at radius 2 is 1.81 bits per heavy atom. The van der Waals surface area contributed by atoms with Gasteiger partial charge >= 0.3 is 5.97 Å². The van der Waals surface area contributed by atoms with E-state index < -0.39 is 21.9 Å². The molecule has 2 aromatic carbocycles. The number of nitrogens with zero attached hydrogens (tertiary/aromatic N) is 3. The van der Waals surface area contributed by atoms with Crippen LogP contribution in [0.3, 0.4) is 0 Å². The van der Waals surface area contributed by atoms with Crippen molar-refractivity contribution in [2.24, 2.45) is 4.99 Å². The van der Waals surface area contributed by atoms with Crippen molar-refractivity contribution in [3.63, 3.8) is 0 Å². The molecule has 0 N–H and O–H groups in total. The fraction of sp³-hybridized carbons (Fsp3) is 0.318. The summed E-state index contributed by atoms with van der Waals surface area (Å²) in [6, 6.07) is 11.1. The molecule has 1 aromatic heterocycles. The van der Waals surface area contributed by atoms with Gasteiger partial charge in [0.25, 0.3) is 5.91 Å². The number of esters is 1. The molecule has 3 aromatic rings. The van der Waals surface area contributed by atoms with Gasteiger partial charge in [-0.05, 0) is 62.2 Å². The molecule has 1 aliphatic rings. The molecule has 168 valence electrons. The van der Waals surface area contributed by atoms with Crippen LogP contribution in [0.15, 0.2) is 52.4 Å². The van der Waals surface area contributed by atoms with Gasteiger partial charge in [0.15, 0.2) is 4.80 Å². The molecule has 1 amide bonds. The number of aromatic nitrogens is 1. The van der Waals surface area contributed by atoms with Crippen molar-refractivity contribution in [1.29, 1.82) is 0 Å². The number of benzene rings is 2. The van der Waals surface area contributed by atoms with Crippen LogP contribution in [0.4, 0.5) is 0 Å². The quantitative estimate of drug-likeness (QED) is 0.513. The third-order valence-electron chi connectivity index (χ3n) is 5.46. The number of aryl methyl sites for hydroxylation is 1. The van der Waals surface area contributed by atoms with Crippen molar-refractivity contribution in [1.82, 2.24) is 8.87 Å². The maximum atomic E-state index is 12.8. The molecular formula is C22H23N3O5S2. The molecular weight excluding hydrogens is 450 g/mol. The lowest BCUT2D eigenvalue weighted by Crippen LogP contribution is -2.28. The van der Waals surface area contributed by atoms with Crippen molar-refractivity contribution in [2.45, 2.75) is 37.2 Å². The minimum Gasteiger partial charge on any atom is -0.465 e. The van der Waals surface area contributed by atoms with Crippen molar-refractivity contribution >= 4 is 43.5 Å². The number of amides is 1. The Hall–Kier alpha value is -2.82. The molecule has 0 unspecified atom stereocenters. The summed E-state index contributed by atoms with van der Waals surface area (Å²) in [5, 5.41) is 0. The zero-order chi connectivity index (χ0) is 23.0. The van der Waals surface area contributed by atoms with Crippen molar-refractivity contribution in [2.75, 3.05) is 14.2 Å². The van der Waals surface area contributed by atoms with E-state index in [1.54, 1.807) is 25.2 Å². The highest BCUT2D eigenvalue weighted by Crippen LogP contribution is 2.30. The second-order valence-corrected chi connectivity index (χ2v) is 10.5. The van der Waals surface area contributed by atoms with E-state index >= 15 is 0 Å². The van der Waals surface area contributed by atoms with Crippen LogP contribution in [-0.4, -0.2) is 49.4 Å². The van der Waals surface area contributed by atoms with Crippen LogP contribution in [0.1, 0.15) is 40.5 Å². The summed E-state index contributed by atoms with van der Waals surface area (Å²) in [4.78, 5) is 29.5. The molecule has 1 fully saturated rings. The summed E-state index contributed by atoms with van der Waals surface area (Å²) in [6.07, 6.45) is 1.75. The number of ether oxygens (including phenoxy) is 1. The standard InChI is InChI=1S/C22H23N3O5S2/c1-4-25-18-12-7-15(21(27)30-3)13-19(18)31-22(25)23-20(26)14-5-10-17(11-6-14)32(28,29)24(2)16-8-9-16/h5-7,10-13,16H,4,8-9H2,1-3H3. The Morgan fingerprint density at radius 1 is 1.16 bits per heavy atom. The number of methoxy groups -OCH3 is 1. The average Bonchev–Trinajstić information content (AvgIpc) is 3.59. The van der Waals surface area contributed by atoms with E-state index in [1.165, 1.54) is 47.0 Å². The molecule has 8 nitrogen and oxygen atoms in total. The Kier molecular flexibility index (Phi) is 6.02. The molecule has 0 radical (unpaired) electrons. The molecule has 1 aliphatic carbocycles. The normalized spacial score (nSPS) is 14.8. The molecule has 1 saturated carbocycles. The van der Waals surface area contributed by atoms with Gasteiger partial charge in [0, 0.05) is 25.2 Å². The third kappa shape index (κ3) is 4.13. The van der Waals surface area contributed by atoms with Gasteiger partial charge in [-0.3, -0.25) is 4.79 Å². The summed E-state index contributed by atoms with van der Waals surface area (Å²) in [6.45, 7) is 2.54. The van der Waals surface area contributed by atoms with Gasteiger partial charge in [-0.1, -0.05) is 11.3 Å². The van der Waals surface area contributed by atoms with Crippen molar-refractivity contribution in [3.05, 3.63) is 58.4 Å². The molecule has 10 heteroatoms. The highest BCUT2D eigenvalue weighted by Gasteiger charge is 2.35. The summed E-state index contributed by atoms with van der Waals surface area (Å²) >= 11 is 1.30. The van der Waals surface area contributed by atoms with Gasteiger partial charge in [0.1, 0.15) is 0 Å². The monoisotopic (exact) mass is 473 g/mol. The molecule has 32 heavy (non-hydrogen) atoms. The summed E-state index contributed by atoms with van der Waals surface area (Å²) in [5.74, 6) is -0.897. The highest BCUT2D eigenvalue weighted by atomic mass is 32.2. The Balaban J connectivity index is 1.66. The number of hydrogen-bond acceptors (Lipinski definition) is 6. The molecule has 0 saturated heterocycles. The fourth-order valence-electron chi connectivity index (χ4n) is 3.43. The lowest BCUT2D eigenvalue weighted by atomic mass is 10.2. The van der Waals surface area contributed by atoms with Gasteiger partial charge in [-0.25, -0.2) is 13.2 Å². The second-order valence-electron chi connectivity index (χ2n) is 7.50. The van der Waals surface area contributed by atoms with Crippen molar-refractivity contribution in [3.8, 4) is 0 Å². The van der Waals surface area contributed by atoms with E-state index in [1.807, 2.05) is 11.5 Å². The van der Waals surface area contributed by atoms with E-state index in [0.29, 0.717) is 22.5 Å². The summed E-state index contributed by atoms with van der Waals surface area (Å²) in [5.41, 5.74) is 1.59. The van der Waals surface area contributed by atoms with Crippen molar-refractivity contribution < 1.29 is 22.7 Å².